The number of unbranched alkanes of at least 4 members (excludes halogenated alkanes) is 1. The molecule has 0 bridgehead atoms. The van der Waals surface area contributed by atoms with E-state index in [1.807, 2.05) is 19.1 Å². The molecule has 0 radical (unpaired) electrons. The van der Waals surface area contributed by atoms with Crippen LogP contribution in [0.1, 0.15) is 55.5 Å². The Bertz CT molecular complexity index is 432. The zero-order chi connectivity index (χ0) is 15.0. The number of carbonyl (C=O) groups excluding carboxylic acids is 1. The van der Waals surface area contributed by atoms with Crippen molar-refractivity contribution in [2.45, 2.75) is 46.5 Å². The van der Waals surface area contributed by atoms with Gasteiger partial charge in [0, 0.05) is 12.1 Å². The lowest BCUT2D eigenvalue weighted by Crippen LogP contribution is -2.29. The quantitative estimate of drug-likeness (QED) is 0.505. The van der Waals surface area contributed by atoms with Gasteiger partial charge in [-0.05, 0) is 43.0 Å². The van der Waals surface area contributed by atoms with Crippen LogP contribution in [0.5, 0.6) is 0 Å². The van der Waals surface area contributed by atoms with Gasteiger partial charge in [0.15, 0.2) is 0 Å². The van der Waals surface area contributed by atoms with Crippen LogP contribution in [0.2, 0.25) is 0 Å². The van der Waals surface area contributed by atoms with Crippen LogP contribution >= 0.6 is 0 Å². The lowest BCUT2D eigenvalue weighted by molar-refractivity contribution is 0.0946. The molecule has 0 aromatic heterocycles. The summed E-state index contributed by atoms with van der Waals surface area (Å²) in [5.41, 5.74) is 5.11. The maximum atomic E-state index is 12.1. The molecule has 1 aromatic carbocycles. The number of nitrogens with one attached hydrogen (secondary N) is 2. The number of anilines is 1. The summed E-state index contributed by atoms with van der Waals surface area (Å²) in [6.07, 6.45) is 4.72. The number of hydrogen-bond acceptors (Lipinski definition) is 3. The minimum absolute atomic E-state index is 0.00776. The van der Waals surface area contributed by atoms with Gasteiger partial charge in [0.1, 0.15) is 0 Å². The van der Waals surface area contributed by atoms with Crippen molar-refractivity contribution in [3.05, 3.63) is 29.3 Å². The first-order valence-corrected chi connectivity index (χ1v) is 7.47. The topological polar surface area (TPSA) is 67.2 Å². The molecule has 1 atom stereocenters. The van der Waals surface area contributed by atoms with Crippen molar-refractivity contribution in [2.75, 3.05) is 12.0 Å². The van der Waals surface area contributed by atoms with Crippen molar-refractivity contribution in [3.8, 4) is 0 Å². The summed E-state index contributed by atoms with van der Waals surface area (Å²) >= 11 is 0. The molecule has 1 aromatic rings. The lowest BCUT2D eigenvalue weighted by atomic mass is 9.99. The highest BCUT2D eigenvalue weighted by atomic mass is 16.1. The van der Waals surface area contributed by atoms with Gasteiger partial charge in [-0.3, -0.25) is 10.6 Å². The SMILES string of the molecule is CCCCC(CC)CNC(=O)c1ccc(NN)c(C)c1. The van der Waals surface area contributed by atoms with Crippen LogP contribution in [-0.4, -0.2) is 12.5 Å². The van der Waals surface area contributed by atoms with Gasteiger partial charge in [0.2, 0.25) is 0 Å². The van der Waals surface area contributed by atoms with E-state index in [0.29, 0.717) is 11.5 Å². The largest absolute Gasteiger partial charge is 0.352 e. The molecular formula is C16H27N3O. The van der Waals surface area contributed by atoms with Crippen LogP contribution in [0.3, 0.4) is 0 Å². The maximum Gasteiger partial charge on any atom is 0.251 e. The monoisotopic (exact) mass is 277 g/mol. The van der Waals surface area contributed by atoms with Crippen molar-refractivity contribution in [1.82, 2.24) is 5.32 Å². The van der Waals surface area contributed by atoms with Crippen molar-refractivity contribution in [3.63, 3.8) is 0 Å². The number of nitrogen functional groups attached to an aromatic ring is 1. The first-order chi connectivity index (χ1) is 9.62. The van der Waals surface area contributed by atoms with Gasteiger partial charge in [0.05, 0.1) is 5.69 Å². The summed E-state index contributed by atoms with van der Waals surface area (Å²) in [4.78, 5) is 12.1. The van der Waals surface area contributed by atoms with E-state index in [4.69, 9.17) is 5.84 Å². The predicted octanol–water partition coefficient (Wildman–Crippen LogP) is 3.23. The second kappa shape index (κ2) is 8.59. The molecule has 0 aliphatic heterocycles. The fourth-order valence-electron chi connectivity index (χ4n) is 2.25. The average Bonchev–Trinajstić information content (AvgIpc) is 2.47. The molecule has 0 heterocycles. The third-order valence-electron chi connectivity index (χ3n) is 3.74. The highest BCUT2D eigenvalue weighted by Crippen LogP contribution is 2.16. The van der Waals surface area contributed by atoms with Crippen LogP contribution in [0, 0.1) is 12.8 Å². The molecule has 4 heteroatoms. The number of benzene rings is 1. The van der Waals surface area contributed by atoms with Crippen LogP contribution in [0.15, 0.2) is 18.2 Å². The van der Waals surface area contributed by atoms with E-state index in [1.54, 1.807) is 6.07 Å². The summed E-state index contributed by atoms with van der Waals surface area (Å²) in [7, 11) is 0. The average molecular weight is 277 g/mol. The normalized spacial score (nSPS) is 12.0. The minimum atomic E-state index is -0.00776. The molecular weight excluding hydrogens is 250 g/mol. The van der Waals surface area contributed by atoms with Crippen LogP contribution < -0.4 is 16.6 Å². The van der Waals surface area contributed by atoms with E-state index in [1.165, 1.54) is 19.3 Å². The number of carbonyl (C=O) groups is 1. The van der Waals surface area contributed by atoms with Crippen molar-refractivity contribution < 1.29 is 4.79 Å². The Morgan fingerprint density at radius 1 is 1.35 bits per heavy atom. The van der Waals surface area contributed by atoms with Crippen LogP contribution in [0.4, 0.5) is 5.69 Å². The highest BCUT2D eigenvalue weighted by Gasteiger charge is 2.10. The second-order valence-electron chi connectivity index (χ2n) is 5.30. The summed E-state index contributed by atoms with van der Waals surface area (Å²) in [5, 5.41) is 3.03. The number of hydrazine groups is 1. The van der Waals surface area contributed by atoms with E-state index in [2.05, 4.69) is 24.6 Å². The van der Waals surface area contributed by atoms with Gasteiger partial charge in [-0.2, -0.15) is 0 Å². The number of aryl methyl sites for hydroxylation is 1. The molecule has 1 amide bonds. The molecule has 0 aliphatic rings. The molecule has 0 saturated heterocycles. The zero-order valence-corrected chi connectivity index (χ0v) is 12.8. The van der Waals surface area contributed by atoms with Gasteiger partial charge in [-0.1, -0.05) is 33.1 Å². The fraction of sp³-hybridized carbons (Fsp3) is 0.562. The van der Waals surface area contributed by atoms with Crippen molar-refractivity contribution in [1.29, 1.82) is 0 Å². The maximum absolute atomic E-state index is 12.1. The van der Waals surface area contributed by atoms with Crippen molar-refractivity contribution in [2.24, 2.45) is 11.8 Å². The van der Waals surface area contributed by atoms with Crippen LogP contribution in [-0.2, 0) is 0 Å². The Labute approximate surface area is 122 Å². The van der Waals surface area contributed by atoms with Gasteiger partial charge in [0.25, 0.3) is 5.91 Å². The zero-order valence-electron chi connectivity index (χ0n) is 12.8. The first kappa shape index (κ1) is 16.5. The van der Waals surface area contributed by atoms with E-state index < -0.39 is 0 Å². The number of amides is 1. The summed E-state index contributed by atoms with van der Waals surface area (Å²) in [6.45, 7) is 7.06. The Balaban J connectivity index is 2.55. The van der Waals surface area contributed by atoms with Gasteiger partial charge < -0.3 is 10.7 Å². The number of hydrogen-bond donors (Lipinski definition) is 3. The van der Waals surface area contributed by atoms with Gasteiger partial charge in [-0.15, -0.1) is 0 Å². The lowest BCUT2D eigenvalue weighted by Gasteiger charge is -2.15. The smallest absolute Gasteiger partial charge is 0.251 e. The van der Waals surface area contributed by atoms with Crippen molar-refractivity contribution >= 4 is 11.6 Å². The Morgan fingerprint density at radius 3 is 2.65 bits per heavy atom. The third kappa shape index (κ3) is 4.85. The molecule has 0 spiro atoms. The third-order valence-corrected chi connectivity index (χ3v) is 3.74. The Kier molecular flexibility index (Phi) is 7.09. The molecule has 1 rings (SSSR count). The number of nitrogens with two attached hydrogens (primary N) is 1. The van der Waals surface area contributed by atoms with E-state index >= 15 is 0 Å². The highest BCUT2D eigenvalue weighted by molar-refractivity contribution is 5.94. The summed E-state index contributed by atoms with van der Waals surface area (Å²) in [6, 6.07) is 5.49. The Morgan fingerprint density at radius 2 is 2.10 bits per heavy atom. The van der Waals surface area contributed by atoms with Gasteiger partial charge in [-0.25, -0.2) is 0 Å². The summed E-state index contributed by atoms with van der Waals surface area (Å²) < 4.78 is 0. The second-order valence-corrected chi connectivity index (χ2v) is 5.30. The fourth-order valence-corrected chi connectivity index (χ4v) is 2.25. The molecule has 4 N–H and O–H groups in total. The van der Waals surface area contributed by atoms with Gasteiger partial charge >= 0.3 is 0 Å². The molecule has 0 fully saturated rings. The number of rotatable bonds is 8. The summed E-state index contributed by atoms with van der Waals surface area (Å²) in [5.74, 6) is 5.96. The Hall–Kier alpha value is -1.55. The first-order valence-electron chi connectivity index (χ1n) is 7.47. The molecule has 1 unspecified atom stereocenters. The molecule has 112 valence electrons. The van der Waals surface area contributed by atoms with E-state index in [0.717, 1.165) is 24.2 Å². The van der Waals surface area contributed by atoms with E-state index in [-0.39, 0.29) is 5.91 Å². The molecule has 0 saturated carbocycles. The molecule has 20 heavy (non-hydrogen) atoms. The van der Waals surface area contributed by atoms with Crippen LogP contribution in [0.25, 0.3) is 0 Å². The minimum Gasteiger partial charge on any atom is -0.352 e. The standard InChI is InChI=1S/C16H27N3O/c1-4-6-7-13(5-2)11-18-16(20)14-8-9-15(19-17)12(3)10-14/h8-10,13,19H,4-7,11,17H2,1-3H3,(H,18,20). The molecule has 4 nitrogen and oxygen atoms in total. The predicted molar refractivity (Wildman–Crippen MR) is 84.6 cm³/mol. The molecule has 0 aliphatic carbocycles. The van der Waals surface area contributed by atoms with E-state index in [9.17, 15) is 4.79 Å².